The first-order valence-corrected chi connectivity index (χ1v) is 8.78. The average molecular weight is 390 g/mol. The Bertz CT molecular complexity index is 814. The fourth-order valence-electron chi connectivity index (χ4n) is 1.70. The Morgan fingerprint density at radius 1 is 1.14 bits per heavy atom. The molecule has 1 aliphatic heterocycles. The van der Waals surface area contributed by atoms with Crippen molar-refractivity contribution in [2.24, 2.45) is 4.99 Å². The zero-order chi connectivity index (χ0) is 15.7. The maximum Gasteiger partial charge on any atom is 0.264 e. The van der Waals surface area contributed by atoms with Gasteiger partial charge in [0.15, 0.2) is 5.17 Å². The molecule has 1 aliphatic rings. The van der Waals surface area contributed by atoms with Crippen molar-refractivity contribution < 1.29 is 4.79 Å². The van der Waals surface area contributed by atoms with Crippen LogP contribution in [-0.2, 0) is 4.79 Å². The molecular formula is C14H7Cl3N2OS2. The molecule has 3 nitrogen and oxygen atoms in total. The molecule has 112 valence electrons. The van der Waals surface area contributed by atoms with Crippen LogP contribution in [0.2, 0.25) is 14.4 Å². The fourth-order valence-corrected chi connectivity index (χ4v) is 3.95. The maximum atomic E-state index is 12.0. The van der Waals surface area contributed by atoms with Crippen molar-refractivity contribution in [1.29, 1.82) is 0 Å². The van der Waals surface area contributed by atoms with E-state index in [1.807, 2.05) is 6.07 Å². The Labute approximate surface area is 150 Å². The lowest BCUT2D eigenvalue weighted by atomic mass is 10.3. The summed E-state index contributed by atoms with van der Waals surface area (Å²) in [5.74, 6) is -0.202. The smallest absolute Gasteiger partial charge is 0.264 e. The summed E-state index contributed by atoms with van der Waals surface area (Å²) in [6, 6.07) is 8.81. The predicted molar refractivity (Wildman–Crippen MR) is 96.6 cm³/mol. The standard InChI is InChI=1S/C14H7Cl3N2OS2/c15-8-2-1-3-9(12(8)17)18-14-19-13(20)10(22-14)6-7-4-5-11(16)21-7/h1-6H,(H,18,19,20)/b10-6+. The molecule has 1 N–H and O–H groups in total. The van der Waals surface area contributed by atoms with Crippen LogP contribution in [0.4, 0.5) is 5.69 Å². The van der Waals surface area contributed by atoms with Crippen molar-refractivity contribution in [1.82, 2.24) is 5.32 Å². The van der Waals surface area contributed by atoms with E-state index in [1.54, 1.807) is 30.3 Å². The number of rotatable bonds is 2. The topological polar surface area (TPSA) is 41.5 Å². The van der Waals surface area contributed by atoms with Gasteiger partial charge in [-0.15, -0.1) is 11.3 Å². The Hall–Kier alpha value is -0.980. The third kappa shape index (κ3) is 3.50. The number of benzene rings is 1. The molecular weight excluding hydrogens is 383 g/mol. The second kappa shape index (κ2) is 6.64. The summed E-state index contributed by atoms with van der Waals surface area (Å²) in [4.78, 5) is 17.8. The number of halogens is 3. The molecule has 22 heavy (non-hydrogen) atoms. The third-order valence-corrected chi connectivity index (χ3v) is 5.57. The summed E-state index contributed by atoms with van der Waals surface area (Å²) in [6.07, 6.45) is 1.78. The molecule has 2 heterocycles. The van der Waals surface area contributed by atoms with Gasteiger partial charge in [0, 0.05) is 4.88 Å². The number of carbonyl (C=O) groups excluding carboxylic acids is 1. The zero-order valence-corrected chi connectivity index (χ0v) is 14.7. The van der Waals surface area contributed by atoms with Gasteiger partial charge in [-0.1, -0.05) is 40.9 Å². The minimum absolute atomic E-state index is 0.202. The summed E-state index contributed by atoms with van der Waals surface area (Å²) < 4.78 is 0.676. The number of thiophene rings is 1. The van der Waals surface area contributed by atoms with Gasteiger partial charge < -0.3 is 5.32 Å². The number of nitrogens with zero attached hydrogens (tertiary/aromatic N) is 1. The van der Waals surface area contributed by atoms with Crippen molar-refractivity contribution in [3.63, 3.8) is 0 Å². The Balaban J connectivity index is 1.87. The van der Waals surface area contributed by atoms with E-state index < -0.39 is 0 Å². The quantitative estimate of drug-likeness (QED) is 0.679. The molecule has 8 heteroatoms. The number of hydrogen-bond acceptors (Lipinski definition) is 4. The SMILES string of the molecule is O=C1NC(=Nc2cccc(Cl)c2Cl)S/C1=C/c1ccc(Cl)s1. The molecule has 0 saturated carbocycles. The van der Waals surface area contributed by atoms with Crippen LogP contribution in [0.15, 0.2) is 40.2 Å². The summed E-state index contributed by atoms with van der Waals surface area (Å²) in [7, 11) is 0. The Morgan fingerprint density at radius 2 is 1.95 bits per heavy atom. The molecule has 0 atom stereocenters. The van der Waals surface area contributed by atoms with Gasteiger partial charge in [0.05, 0.1) is 25.0 Å². The molecule has 1 aromatic carbocycles. The van der Waals surface area contributed by atoms with Gasteiger partial charge in [0.25, 0.3) is 5.91 Å². The highest BCUT2D eigenvalue weighted by molar-refractivity contribution is 8.18. The van der Waals surface area contributed by atoms with Crippen molar-refractivity contribution in [3.05, 3.63) is 54.5 Å². The van der Waals surface area contributed by atoms with E-state index in [9.17, 15) is 4.79 Å². The third-order valence-electron chi connectivity index (χ3n) is 2.67. The van der Waals surface area contributed by atoms with E-state index >= 15 is 0 Å². The summed E-state index contributed by atoms with van der Waals surface area (Å²) >= 11 is 20.6. The zero-order valence-electron chi connectivity index (χ0n) is 10.8. The molecule has 1 saturated heterocycles. The molecule has 1 amide bonds. The van der Waals surface area contributed by atoms with Crippen LogP contribution in [0.5, 0.6) is 0 Å². The first kappa shape index (κ1) is 15.9. The first-order chi connectivity index (χ1) is 10.5. The lowest BCUT2D eigenvalue weighted by Gasteiger charge is -2.00. The van der Waals surface area contributed by atoms with Crippen LogP contribution >= 0.6 is 57.9 Å². The van der Waals surface area contributed by atoms with Gasteiger partial charge in [-0.05, 0) is 42.1 Å². The summed E-state index contributed by atoms with van der Waals surface area (Å²) in [5.41, 5.74) is 0.511. The predicted octanol–water partition coefficient (Wildman–Crippen LogP) is 5.60. The van der Waals surface area contributed by atoms with E-state index in [0.717, 1.165) is 4.88 Å². The van der Waals surface area contributed by atoms with E-state index in [-0.39, 0.29) is 5.91 Å². The number of hydrogen-bond donors (Lipinski definition) is 1. The summed E-state index contributed by atoms with van der Waals surface area (Å²) in [6.45, 7) is 0. The van der Waals surface area contributed by atoms with Gasteiger partial charge in [-0.2, -0.15) is 0 Å². The van der Waals surface area contributed by atoms with Gasteiger partial charge in [-0.3, -0.25) is 4.79 Å². The van der Waals surface area contributed by atoms with Crippen molar-refractivity contribution in [3.8, 4) is 0 Å². The van der Waals surface area contributed by atoms with E-state index in [1.165, 1.54) is 23.1 Å². The molecule has 2 aromatic rings. The number of thioether (sulfide) groups is 1. The first-order valence-electron chi connectivity index (χ1n) is 6.02. The largest absolute Gasteiger partial charge is 0.300 e. The lowest BCUT2D eigenvalue weighted by molar-refractivity contribution is -0.115. The second-order valence-electron chi connectivity index (χ2n) is 4.20. The Kier molecular flexibility index (Phi) is 4.80. The van der Waals surface area contributed by atoms with E-state index in [2.05, 4.69) is 10.3 Å². The number of amides is 1. The Morgan fingerprint density at radius 3 is 2.68 bits per heavy atom. The molecule has 0 aliphatic carbocycles. The molecule has 0 radical (unpaired) electrons. The fraction of sp³-hybridized carbons (Fsp3) is 0. The molecule has 0 bridgehead atoms. The van der Waals surface area contributed by atoms with Gasteiger partial charge in [-0.25, -0.2) is 4.99 Å². The lowest BCUT2D eigenvalue weighted by Crippen LogP contribution is -2.19. The summed E-state index contributed by atoms with van der Waals surface area (Å²) in [5, 5.41) is 3.94. The van der Waals surface area contributed by atoms with Crippen molar-refractivity contribution in [2.45, 2.75) is 0 Å². The highest BCUT2D eigenvalue weighted by Gasteiger charge is 2.24. The monoisotopic (exact) mass is 388 g/mol. The van der Waals surface area contributed by atoms with Crippen LogP contribution in [0.1, 0.15) is 4.88 Å². The van der Waals surface area contributed by atoms with Crippen LogP contribution in [0.25, 0.3) is 6.08 Å². The number of carbonyl (C=O) groups is 1. The molecule has 0 unspecified atom stereocenters. The number of aliphatic imine (C=N–C) groups is 1. The number of amidine groups is 1. The van der Waals surface area contributed by atoms with Gasteiger partial charge >= 0.3 is 0 Å². The van der Waals surface area contributed by atoms with Crippen LogP contribution in [-0.4, -0.2) is 11.1 Å². The van der Waals surface area contributed by atoms with Crippen LogP contribution in [0.3, 0.4) is 0 Å². The van der Waals surface area contributed by atoms with Crippen molar-refractivity contribution in [2.75, 3.05) is 0 Å². The number of nitrogens with one attached hydrogen (secondary N) is 1. The molecule has 3 rings (SSSR count). The van der Waals surface area contributed by atoms with Gasteiger partial charge in [0.1, 0.15) is 0 Å². The van der Waals surface area contributed by atoms with Crippen molar-refractivity contribution >= 4 is 80.7 Å². The maximum absolute atomic E-state index is 12.0. The van der Waals surface area contributed by atoms with Crippen LogP contribution < -0.4 is 5.32 Å². The minimum Gasteiger partial charge on any atom is -0.300 e. The molecule has 1 fully saturated rings. The second-order valence-corrected chi connectivity index (χ2v) is 7.76. The normalized spacial score (nSPS) is 18.2. The van der Waals surface area contributed by atoms with Crippen LogP contribution in [0, 0.1) is 0 Å². The van der Waals surface area contributed by atoms with Gasteiger partial charge in [0.2, 0.25) is 0 Å². The minimum atomic E-state index is -0.202. The molecule has 0 spiro atoms. The highest BCUT2D eigenvalue weighted by Crippen LogP contribution is 2.35. The van der Waals surface area contributed by atoms with E-state index in [0.29, 0.717) is 30.1 Å². The van der Waals surface area contributed by atoms with E-state index in [4.69, 9.17) is 34.8 Å². The highest BCUT2D eigenvalue weighted by atomic mass is 35.5. The molecule has 1 aromatic heterocycles. The average Bonchev–Trinajstić information content (AvgIpc) is 3.02.